The summed E-state index contributed by atoms with van der Waals surface area (Å²) in [6.45, 7) is 2.74. The number of hydrogen-bond acceptors (Lipinski definition) is 8. The van der Waals surface area contributed by atoms with E-state index in [4.69, 9.17) is 14.2 Å². The average Bonchev–Trinajstić information content (AvgIpc) is 2.96. The van der Waals surface area contributed by atoms with Gasteiger partial charge >= 0.3 is 0 Å². The van der Waals surface area contributed by atoms with Crippen molar-refractivity contribution in [2.45, 2.75) is 32.0 Å². The van der Waals surface area contributed by atoms with E-state index in [2.05, 4.69) is 20.5 Å². The minimum absolute atomic E-state index is 0.0457. The maximum absolute atomic E-state index is 13.4. The summed E-state index contributed by atoms with van der Waals surface area (Å²) in [7, 11) is 1.50. The van der Waals surface area contributed by atoms with Crippen molar-refractivity contribution in [2.24, 2.45) is 0 Å². The van der Waals surface area contributed by atoms with Crippen LogP contribution < -0.4 is 29.7 Å². The van der Waals surface area contributed by atoms with Gasteiger partial charge in [-0.2, -0.15) is 0 Å². The summed E-state index contributed by atoms with van der Waals surface area (Å²) in [5.41, 5.74) is 1.82. The number of nitrogens with one attached hydrogen (secondary N) is 2. The Balaban J connectivity index is 1.44. The second-order valence-corrected chi connectivity index (χ2v) is 9.51. The Kier molecular flexibility index (Phi) is 7.62. The molecule has 3 aliphatic heterocycles. The van der Waals surface area contributed by atoms with Crippen LogP contribution in [0, 0.1) is 0 Å². The molecule has 2 atom stereocenters. The van der Waals surface area contributed by atoms with Crippen molar-refractivity contribution in [2.75, 3.05) is 31.7 Å². The molecule has 1 saturated heterocycles. The predicted molar refractivity (Wildman–Crippen MR) is 144 cm³/mol. The number of carbonyl (C=O) groups excluding carboxylic acids is 3. The van der Waals surface area contributed by atoms with Gasteiger partial charge in [0.25, 0.3) is 11.8 Å². The maximum Gasteiger partial charge on any atom is 0.258 e. The molecule has 4 heterocycles. The summed E-state index contributed by atoms with van der Waals surface area (Å²) >= 11 is 0. The number of hydrogen-bond donors (Lipinski definition) is 2. The number of carbonyl (C=O) groups is 3. The van der Waals surface area contributed by atoms with Crippen molar-refractivity contribution in [1.82, 2.24) is 15.6 Å². The van der Waals surface area contributed by atoms with E-state index in [1.807, 2.05) is 30.3 Å². The van der Waals surface area contributed by atoms with E-state index in [0.29, 0.717) is 54.4 Å². The average molecular weight is 531 g/mol. The molecule has 10 nitrogen and oxygen atoms in total. The molecule has 1 aromatic heterocycles. The van der Waals surface area contributed by atoms with E-state index in [1.54, 1.807) is 30.5 Å². The predicted octanol–water partition coefficient (Wildman–Crippen LogP) is 2.76. The lowest BCUT2D eigenvalue weighted by atomic mass is 10.0. The van der Waals surface area contributed by atoms with E-state index in [-0.39, 0.29) is 36.4 Å². The number of fused-ring (bicyclic) bond motifs is 7. The molecule has 3 aromatic rings. The molecule has 2 N–H and O–H groups in total. The van der Waals surface area contributed by atoms with Crippen LogP contribution in [0.15, 0.2) is 60.8 Å². The number of pyridine rings is 1. The van der Waals surface area contributed by atoms with Crippen LogP contribution in [0.2, 0.25) is 0 Å². The number of ether oxygens (including phenoxy) is 3. The number of amides is 2. The highest BCUT2D eigenvalue weighted by Crippen LogP contribution is 2.29. The Morgan fingerprint density at radius 2 is 1.92 bits per heavy atom. The number of aromatic nitrogens is 1. The van der Waals surface area contributed by atoms with Crippen molar-refractivity contribution in [3.05, 3.63) is 77.5 Å². The third-order valence-corrected chi connectivity index (χ3v) is 6.83. The molecule has 1 fully saturated rings. The molecule has 2 amide bonds. The van der Waals surface area contributed by atoms with Gasteiger partial charge in [-0.05, 0) is 55.0 Å². The summed E-state index contributed by atoms with van der Waals surface area (Å²) in [5.74, 6) is 1.44. The van der Waals surface area contributed by atoms with Crippen LogP contribution in [0.5, 0.6) is 17.2 Å². The normalized spacial score (nSPS) is 19.5. The molecule has 0 saturated carbocycles. The van der Waals surface area contributed by atoms with Crippen molar-refractivity contribution >= 4 is 23.4 Å². The second-order valence-electron chi connectivity index (χ2n) is 9.51. The number of Topliss-reactive ketones (excluding diaryl/α,β-unsaturated/α-hetero) is 1. The van der Waals surface area contributed by atoms with Gasteiger partial charge in [0.05, 0.1) is 13.2 Å². The molecule has 0 spiro atoms. The molecular weight excluding hydrogens is 500 g/mol. The molecule has 202 valence electrons. The minimum Gasteiger partial charge on any atom is -0.493 e. The SMILES string of the molecule is COc1ccc2cc1OCC(=O)NCc1ccc(cc1)O[C@@H]1CCN(c3ccc(C(C)=O)cn3)C[C@@H]1NC2=O. The Hall–Kier alpha value is -4.60. The summed E-state index contributed by atoms with van der Waals surface area (Å²) < 4.78 is 17.4. The third kappa shape index (κ3) is 6.11. The van der Waals surface area contributed by atoms with Crippen LogP contribution >= 0.6 is 0 Å². The van der Waals surface area contributed by atoms with Crippen LogP contribution in [0.1, 0.15) is 39.6 Å². The highest BCUT2D eigenvalue weighted by atomic mass is 16.5. The quantitative estimate of drug-likeness (QED) is 0.497. The molecule has 0 radical (unpaired) electrons. The van der Waals surface area contributed by atoms with Gasteiger partial charge in [-0.15, -0.1) is 0 Å². The zero-order valence-corrected chi connectivity index (χ0v) is 21.8. The topological polar surface area (TPSA) is 119 Å². The lowest BCUT2D eigenvalue weighted by Gasteiger charge is -2.39. The van der Waals surface area contributed by atoms with Gasteiger partial charge in [0.15, 0.2) is 23.9 Å². The second kappa shape index (κ2) is 11.4. The van der Waals surface area contributed by atoms with Crippen LogP contribution in [-0.2, 0) is 11.3 Å². The zero-order valence-electron chi connectivity index (χ0n) is 21.8. The molecule has 6 rings (SSSR count). The maximum atomic E-state index is 13.4. The standard InChI is InChI=1S/C29H30N4O6/c1-18(34)21-6-10-27(30-15-21)33-12-11-24-23(16-33)32-29(36)20-5-9-25(37-2)26(13-20)38-17-28(35)31-14-19-3-7-22(39-24)8-4-19/h3-10,13,15,23-24H,11-12,14,16-17H2,1-2H3,(H,31,35)(H,32,36)/t23-,24+/m0/s1. The molecule has 4 bridgehead atoms. The molecule has 3 aliphatic rings. The number of benzene rings is 2. The van der Waals surface area contributed by atoms with Gasteiger partial charge in [-0.1, -0.05) is 12.1 Å². The van der Waals surface area contributed by atoms with E-state index in [1.165, 1.54) is 14.0 Å². The number of ketones is 1. The first kappa shape index (κ1) is 26.0. The molecule has 0 aliphatic carbocycles. The first-order valence-corrected chi connectivity index (χ1v) is 12.8. The Morgan fingerprint density at radius 3 is 2.64 bits per heavy atom. The smallest absolute Gasteiger partial charge is 0.258 e. The number of nitrogens with zero attached hydrogens (tertiary/aromatic N) is 2. The fourth-order valence-corrected chi connectivity index (χ4v) is 4.64. The van der Waals surface area contributed by atoms with Gasteiger partial charge in [0, 0.05) is 43.4 Å². The molecule has 0 unspecified atom stereocenters. The molecule has 2 aromatic carbocycles. The molecular formula is C29H30N4O6. The fourth-order valence-electron chi connectivity index (χ4n) is 4.64. The summed E-state index contributed by atoms with van der Waals surface area (Å²) in [4.78, 5) is 44.0. The van der Waals surface area contributed by atoms with Crippen LogP contribution in [0.3, 0.4) is 0 Å². The lowest BCUT2D eigenvalue weighted by molar-refractivity contribution is -0.123. The number of methoxy groups -OCH3 is 1. The summed E-state index contributed by atoms with van der Waals surface area (Å²) in [6.07, 6.45) is 1.91. The summed E-state index contributed by atoms with van der Waals surface area (Å²) in [6, 6.07) is 15.6. The zero-order chi connectivity index (χ0) is 27.4. The summed E-state index contributed by atoms with van der Waals surface area (Å²) in [5, 5.41) is 5.95. The number of anilines is 1. The third-order valence-electron chi connectivity index (χ3n) is 6.83. The Labute approximate surface area is 226 Å². The van der Waals surface area contributed by atoms with Gasteiger partial charge in [0.1, 0.15) is 17.7 Å². The van der Waals surface area contributed by atoms with Gasteiger partial charge in [0.2, 0.25) is 0 Å². The monoisotopic (exact) mass is 530 g/mol. The Bertz CT molecular complexity index is 1360. The Morgan fingerprint density at radius 1 is 1.10 bits per heavy atom. The molecule has 39 heavy (non-hydrogen) atoms. The van der Waals surface area contributed by atoms with Crippen LogP contribution in [0.4, 0.5) is 5.82 Å². The molecule has 10 heteroatoms. The fraction of sp³-hybridized carbons (Fsp3) is 0.310. The van der Waals surface area contributed by atoms with Gasteiger partial charge in [-0.3, -0.25) is 14.4 Å². The highest BCUT2D eigenvalue weighted by Gasteiger charge is 2.33. The van der Waals surface area contributed by atoms with Crippen molar-refractivity contribution in [1.29, 1.82) is 0 Å². The first-order chi connectivity index (χ1) is 18.9. The van der Waals surface area contributed by atoms with Crippen molar-refractivity contribution < 1.29 is 28.6 Å². The van der Waals surface area contributed by atoms with E-state index in [9.17, 15) is 14.4 Å². The number of rotatable bonds is 3. The van der Waals surface area contributed by atoms with E-state index < -0.39 is 0 Å². The van der Waals surface area contributed by atoms with Gasteiger partial charge < -0.3 is 29.7 Å². The van der Waals surface area contributed by atoms with E-state index in [0.717, 1.165) is 11.4 Å². The number of piperidine rings is 1. The lowest BCUT2D eigenvalue weighted by Crippen LogP contribution is -2.57. The first-order valence-electron chi connectivity index (χ1n) is 12.8. The van der Waals surface area contributed by atoms with Crippen LogP contribution in [-0.4, -0.2) is 61.5 Å². The van der Waals surface area contributed by atoms with E-state index >= 15 is 0 Å². The minimum atomic E-state index is -0.370. The van der Waals surface area contributed by atoms with Crippen LogP contribution in [0.25, 0.3) is 0 Å². The van der Waals surface area contributed by atoms with Crippen molar-refractivity contribution in [3.8, 4) is 17.2 Å². The largest absolute Gasteiger partial charge is 0.493 e. The highest BCUT2D eigenvalue weighted by molar-refractivity contribution is 5.95. The van der Waals surface area contributed by atoms with Gasteiger partial charge in [-0.25, -0.2) is 4.98 Å². The van der Waals surface area contributed by atoms with Crippen molar-refractivity contribution in [3.63, 3.8) is 0 Å².